The summed E-state index contributed by atoms with van der Waals surface area (Å²) in [4.78, 5) is 33.0. The summed E-state index contributed by atoms with van der Waals surface area (Å²) in [7, 11) is 0. The number of nitrogens with two attached hydrogens (primary N) is 1. The summed E-state index contributed by atoms with van der Waals surface area (Å²) in [6.45, 7) is 30.4. The Morgan fingerprint density at radius 1 is 0.670 bits per heavy atom. The number of carbonyl (C=O) groups is 1. The van der Waals surface area contributed by atoms with Gasteiger partial charge in [-0.2, -0.15) is 0 Å². The van der Waals surface area contributed by atoms with Crippen molar-refractivity contribution in [1.82, 2.24) is 25.0 Å². The Morgan fingerprint density at radius 2 is 1.04 bits per heavy atom. The van der Waals surface area contributed by atoms with Gasteiger partial charge >= 0.3 is 0 Å². The van der Waals surface area contributed by atoms with E-state index in [9.17, 15) is 9.90 Å². The Hall–Kier alpha value is -9.38. The second-order valence-electron chi connectivity index (χ2n) is 20.8. The highest BCUT2D eigenvalue weighted by molar-refractivity contribution is 9.09. The highest BCUT2D eigenvalue weighted by Gasteiger charge is 2.13. The molecule has 0 radical (unpaired) electrons. The van der Waals surface area contributed by atoms with Crippen LogP contribution in [0.4, 0.5) is 55.8 Å². The second-order valence-corrected chi connectivity index (χ2v) is 23.5. The van der Waals surface area contributed by atoms with Crippen LogP contribution in [0.5, 0.6) is 0 Å². The number of alkyl halides is 1. The predicted molar refractivity (Wildman–Crippen MR) is 414 cm³/mol. The molecule has 514 valence electrons. The molecule has 8 N–H and O–H groups in total. The monoisotopic (exact) mass is 1430 g/mol. The van der Waals surface area contributed by atoms with Crippen molar-refractivity contribution in [1.29, 1.82) is 0 Å². The summed E-state index contributed by atoms with van der Waals surface area (Å²) in [5.41, 5.74) is 39.4. The highest BCUT2D eigenvalue weighted by atomic mass is 79.9. The summed E-state index contributed by atoms with van der Waals surface area (Å²) in [6, 6.07) is 41.1. The molecular formula is C71H91BrN18O4S3. The van der Waals surface area contributed by atoms with Crippen LogP contribution in [0.2, 0.25) is 0 Å². The Bertz CT molecular complexity index is 3980. The number of nitrogens with zero attached hydrogens (tertiary/aromatic N) is 14. The third-order valence-corrected chi connectivity index (χ3v) is 16.3. The number of benzene rings is 6. The number of thiocarbonyl (C=S) groups is 1. The number of hydrogen-bond acceptors (Lipinski definition) is 18. The normalized spacial score (nSPS) is 10.5. The summed E-state index contributed by atoms with van der Waals surface area (Å²) in [5.74, 6) is 2.09. The van der Waals surface area contributed by atoms with Crippen molar-refractivity contribution >= 4 is 117 Å². The molecule has 3 heterocycles. The van der Waals surface area contributed by atoms with E-state index >= 15 is 0 Å². The maximum atomic E-state index is 11.1. The van der Waals surface area contributed by atoms with E-state index in [-0.39, 0.29) is 19.8 Å². The molecule has 0 spiro atoms. The van der Waals surface area contributed by atoms with Crippen molar-refractivity contribution in [2.45, 2.75) is 103 Å². The number of terminal acetylenes is 1. The molecule has 3 aromatic heterocycles. The van der Waals surface area contributed by atoms with E-state index in [4.69, 9.17) is 44.2 Å². The minimum absolute atomic E-state index is 0. The fourth-order valence-electron chi connectivity index (χ4n) is 8.98. The number of Topliss-reactive ketones (excluding diaryl/α,β-unsaturated/α-hetero) is 1. The molecule has 0 bridgehead atoms. The van der Waals surface area contributed by atoms with Crippen molar-refractivity contribution in [3.63, 3.8) is 0 Å². The fourth-order valence-corrected chi connectivity index (χ4v) is 10.9. The number of carbonyl (C=O) groups excluding carboxylic acids is 1. The molecule has 0 amide bonds. The fraction of sp³-hybridized carbons (Fsp3) is 0.324. The van der Waals surface area contributed by atoms with Gasteiger partial charge in [-0.05, 0) is 190 Å². The van der Waals surface area contributed by atoms with E-state index in [2.05, 4.69) is 204 Å². The highest BCUT2D eigenvalue weighted by Crippen LogP contribution is 2.33. The van der Waals surface area contributed by atoms with E-state index in [0.717, 1.165) is 100 Å². The van der Waals surface area contributed by atoms with Crippen molar-refractivity contribution < 1.29 is 20.1 Å². The molecule has 2 atom stereocenters. The Morgan fingerprint density at radius 3 is 1.36 bits per heavy atom. The van der Waals surface area contributed by atoms with Gasteiger partial charge in [-0.3, -0.25) is 4.79 Å². The number of aliphatic hydroxyl groups is 3. The number of anilines is 8. The van der Waals surface area contributed by atoms with Crippen molar-refractivity contribution in [3.8, 4) is 40.5 Å². The standard InChI is InChI=1S/C24H28N6OS.C20H22N6S.C12H19N3S.C8H6BrN3O.C4H6O.C2H6O.CH4/c1-5-29(6-2)20-11-12-21(16(3)13-20)25-24-26-23(15-32-24)18-7-9-19(10-8-18)30-14-22(17(4)31)27-28-30;1-4-26(5-2)17-10-11-18(14(3)12-17)22-20-23-19(13-27-20)15-6-8-16(9-7-15)24-25-21;1-4-15(5-2)10-6-7-11(9(3)8-10)14-12(13)16;9-5-8(13)6-1-3-7(4-2-6)11-12-10;1-3-4(2)5;1-2-3;/h7-15,17,31H,5-6H2,1-4H3,(H,25,26);6-13H,4-5H2,1-3H3,(H,22,23);6-8H,4-5H2,1-3H3,(H3,13,14,16);1-4H,5H2;1,4-5H,2H3;3H,2H2,1H3;1H4. The van der Waals surface area contributed by atoms with Crippen LogP contribution in [-0.2, 0) is 0 Å². The maximum Gasteiger partial charge on any atom is 0.187 e. The molecule has 0 saturated carbocycles. The lowest BCUT2D eigenvalue weighted by Crippen LogP contribution is -2.22. The van der Waals surface area contributed by atoms with Gasteiger partial charge in [0.05, 0.1) is 34.7 Å². The average Bonchev–Trinajstić information content (AvgIpc) is 1.77. The number of aryl methyl sites for hydroxylation is 3. The molecule has 22 nitrogen and oxygen atoms in total. The average molecular weight is 1440 g/mol. The number of thiazole rings is 2. The summed E-state index contributed by atoms with van der Waals surface area (Å²) in [6.07, 6.45) is 5.18. The lowest BCUT2D eigenvalue weighted by Gasteiger charge is -2.22. The van der Waals surface area contributed by atoms with E-state index in [1.807, 2.05) is 54.8 Å². The predicted octanol–water partition coefficient (Wildman–Crippen LogP) is 18.3. The molecular weight excluding hydrogens is 1350 g/mol. The van der Waals surface area contributed by atoms with Gasteiger partial charge in [-0.1, -0.05) is 105 Å². The minimum Gasteiger partial charge on any atom is -0.397 e. The molecule has 9 rings (SSSR count). The van der Waals surface area contributed by atoms with Gasteiger partial charge in [0.15, 0.2) is 21.2 Å². The Kier molecular flexibility index (Phi) is 36.8. The quantitative estimate of drug-likeness (QED) is 0.00631. The van der Waals surface area contributed by atoms with Gasteiger partial charge in [-0.15, -0.1) is 34.2 Å². The van der Waals surface area contributed by atoms with Crippen LogP contribution in [0.25, 0.3) is 49.1 Å². The number of nitrogens with one attached hydrogen (secondary N) is 3. The van der Waals surface area contributed by atoms with Crippen molar-refractivity contribution in [2.75, 3.05) is 81.9 Å². The molecule has 6 aromatic carbocycles. The molecule has 97 heavy (non-hydrogen) atoms. The molecule has 0 aliphatic carbocycles. The van der Waals surface area contributed by atoms with Gasteiger partial charge in [-0.25, -0.2) is 14.6 Å². The molecule has 2 unspecified atom stereocenters. The zero-order valence-corrected chi connectivity index (χ0v) is 60.5. The SMILES string of the molecule is C.C#CC(C)O.CCN(CC)c1ccc(NC(N)=S)c(C)c1.CCN(CC)c1ccc(Nc2nc(-c3ccc(-n4cc(C(C)O)nn4)cc3)cs2)c(C)c1.CCN(CC)c1ccc(Nc2nc(-c3ccc(N=[N+]=[N-])cc3)cs2)c(C)c1.CCO.[N-]=[N+]=Nc1ccc(C(=O)CBr)cc1. The van der Waals surface area contributed by atoms with E-state index < -0.39 is 12.2 Å². The summed E-state index contributed by atoms with van der Waals surface area (Å²) >= 11 is 11.0. The molecule has 26 heteroatoms. The first-order valence-electron chi connectivity index (χ1n) is 31.1. The number of aliphatic hydroxyl groups excluding tert-OH is 3. The van der Waals surface area contributed by atoms with E-state index in [1.165, 1.54) is 28.2 Å². The van der Waals surface area contributed by atoms with Crippen molar-refractivity contribution in [3.05, 3.63) is 193 Å². The maximum absolute atomic E-state index is 11.1. The van der Waals surface area contributed by atoms with Crippen LogP contribution in [0.1, 0.15) is 109 Å². The van der Waals surface area contributed by atoms with E-state index in [1.54, 1.807) is 90.7 Å². The van der Waals surface area contributed by atoms with Gasteiger partial charge in [0.1, 0.15) is 11.8 Å². The zero-order chi connectivity index (χ0) is 70.7. The van der Waals surface area contributed by atoms with Gasteiger partial charge in [0.25, 0.3) is 0 Å². The Labute approximate surface area is 593 Å². The number of azide groups is 2. The molecule has 0 aliphatic rings. The smallest absolute Gasteiger partial charge is 0.187 e. The second kappa shape index (κ2) is 43.6. The van der Waals surface area contributed by atoms with Crippen LogP contribution in [0.15, 0.2) is 155 Å². The van der Waals surface area contributed by atoms with Crippen LogP contribution in [0.3, 0.4) is 0 Å². The molecule has 0 aliphatic heterocycles. The molecule has 0 saturated heterocycles. The first-order chi connectivity index (χ1) is 46.2. The lowest BCUT2D eigenvalue weighted by atomic mass is 10.1. The number of rotatable bonds is 22. The topological polar surface area (TPSA) is 304 Å². The number of hydrogen-bond donors (Lipinski definition) is 7. The largest absolute Gasteiger partial charge is 0.397 e. The molecule has 0 fully saturated rings. The first-order valence-corrected chi connectivity index (χ1v) is 34.4. The first kappa shape index (κ1) is 81.9. The zero-order valence-electron chi connectivity index (χ0n) is 56.4. The van der Waals surface area contributed by atoms with E-state index in [0.29, 0.717) is 33.1 Å². The lowest BCUT2D eigenvalue weighted by molar-refractivity contribution is 0.102. The number of halogens is 1. The third kappa shape index (κ3) is 26.6. The van der Waals surface area contributed by atoms with Gasteiger partial charge in [0, 0.05) is 129 Å². The van der Waals surface area contributed by atoms with Crippen LogP contribution in [-0.4, -0.2) is 108 Å². The van der Waals surface area contributed by atoms with Crippen LogP contribution >= 0.6 is 50.8 Å². The Balaban J connectivity index is 0.000000339. The minimum atomic E-state index is -0.638. The van der Waals surface area contributed by atoms with Crippen LogP contribution < -0.4 is 36.4 Å². The number of ketones is 1. The van der Waals surface area contributed by atoms with Gasteiger partial charge in [0.2, 0.25) is 0 Å². The third-order valence-electron chi connectivity index (χ3n) is 14.2. The van der Waals surface area contributed by atoms with Crippen LogP contribution in [0, 0.1) is 33.1 Å². The van der Waals surface area contributed by atoms with Crippen molar-refractivity contribution in [2.24, 2.45) is 16.0 Å². The summed E-state index contributed by atoms with van der Waals surface area (Å²) < 4.78 is 1.66. The molecule has 9 aromatic rings. The van der Waals surface area contributed by atoms with Gasteiger partial charge < -0.3 is 51.7 Å². The summed E-state index contributed by atoms with van der Waals surface area (Å²) in [5, 5.41) is 56.6. The number of aromatic nitrogens is 5.